The number of rotatable bonds is 3. The molecule has 1 amide bonds. The molecule has 1 aliphatic rings. The van der Waals surface area contributed by atoms with Crippen molar-refractivity contribution in [2.75, 3.05) is 26.3 Å². The van der Waals surface area contributed by atoms with E-state index in [0.29, 0.717) is 36.9 Å². The van der Waals surface area contributed by atoms with Crippen LogP contribution >= 0.6 is 11.8 Å². The molecule has 1 saturated heterocycles. The third-order valence-electron chi connectivity index (χ3n) is 4.26. The maximum Gasteiger partial charge on any atom is 0.254 e. The van der Waals surface area contributed by atoms with E-state index in [1.165, 1.54) is 23.9 Å². The van der Waals surface area contributed by atoms with E-state index in [4.69, 9.17) is 4.74 Å². The van der Waals surface area contributed by atoms with Gasteiger partial charge in [-0.3, -0.25) is 4.79 Å². The Hall–Kier alpha value is -2.44. The molecule has 1 fully saturated rings. The molecule has 0 aliphatic carbocycles. The normalized spacial score (nSPS) is 14.6. The summed E-state index contributed by atoms with van der Waals surface area (Å²) in [5.74, 6) is -0.281. The summed E-state index contributed by atoms with van der Waals surface area (Å²) in [6, 6.07) is 15.7. The third-order valence-corrected chi connectivity index (χ3v) is 5.18. The average Bonchev–Trinajstić information content (AvgIpc) is 2.69. The first-order chi connectivity index (χ1) is 12.7. The van der Waals surface area contributed by atoms with Crippen molar-refractivity contribution in [3.8, 4) is 0 Å². The minimum Gasteiger partial charge on any atom is -0.378 e. The molecule has 0 saturated carbocycles. The molecule has 2 heterocycles. The molecule has 26 heavy (non-hydrogen) atoms. The number of hydrogen-bond acceptors (Lipinski definition) is 4. The number of morpholine rings is 1. The highest BCUT2D eigenvalue weighted by molar-refractivity contribution is 7.99. The Bertz CT molecular complexity index is 940. The highest BCUT2D eigenvalue weighted by Gasteiger charge is 2.21. The molecule has 132 valence electrons. The fourth-order valence-electron chi connectivity index (χ4n) is 2.94. The van der Waals surface area contributed by atoms with Gasteiger partial charge in [0.15, 0.2) is 0 Å². The summed E-state index contributed by atoms with van der Waals surface area (Å²) in [6.45, 7) is 2.31. The standard InChI is InChI=1S/C20H17FN2O2S/c21-14-5-7-15(8-6-14)26-19-13-17(16-3-1-2-4-18(16)22-19)20(24)23-9-11-25-12-10-23/h1-8,13H,9-12H2. The smallest absolute Gasteiger partial charge is 0.254 e. The summed E-state index contributed by atoms with van der Waals surface area (Å²) >= 11 is 1.42. The van der Waals surface area contributed by atoms with Crippen molar-refractivity contribution >= 4 is 28.6 Å². The van der Waals surface area contributed by atoms with E-state index in [2.05, 4.69) is 4.98 Å². The molecular weight excluding hydrogens is 351 g/mol. The van der Waals surface area contributed by atoms with E-state index in [1.54, 1.807) is 12.1 Å². The lowest BCUT2D eigenvalue weighted by Gasteiger charge is -2.27. The lowest BCUT2D eigenvalue weighted by atomic mass is 10.1. The van der Waals surface area contributed by atoms with Crippen molar-refractivity contribution in [1.29, 1.82) is 0 Å². The highest BCUT2D eigenvalue weighted by atomic mass is 32.2. The molecular formula is C20H17FN2O2S. The zero-order valence-electron chi connectivity index (χ0n) is 14.0. The quantitative estimate of drug-likeness (QED) is 0.701. The Balaban J connectivity index is 1.72. The number of carbonyl (C=O) groups excluding carboxylic acids is 1. The van der Waals surface area contributed by atoms with Crippen molar-refractivity contribution < 1.29 is 13.9 Å². The first-order valence-corrected chi connectivity index (χ1v) is 9.22. The highest BCUT2D eigenvalue weighted by Crippen LogP contribution is 2.30. The molecule has 4 nitrogen and oxygen atoms in total. The van der Waals surface area contributed by atoms with Gasteiger partial charge in [-0.05, 0) is 36.4 Å². The second kappa shape index (κ2) is 7.43. The Morgan fingerprint density at radius 2 is 1.81 bits per heavy atom. The zero-order chi connectivity index (χ0) is 17.9. The fraction of sp³-hybridized carbons (Fsp3) is 0.200. The number of benzene rings is 2. The monoisotopic (exact) mass is 368 g/mol. The Labute approximate surface area is 155 Å². The molecule has 0 N–H and O–H groups in total. The SMILES string of the molecule is O=C(c1cc(Sc2ccc(F)cc2)nc2ccccc12)N1CCOCC1. The van der Waals surface area contributed by atoms with Crippen LogP contribution in [0.4, 0.5) is 4.39 Å². The Kier molecular flexibility index (Phi) is 4.86. The van der Waals surface area contributed by atoms with Crippen molar-refractivity contribution in [1.82, 2.24) is 9.88 Å². The van der Waals surface area contributed by atoms with Gasteiger partial charge in [-0.2, -0.15) is 0 Å². The second-order valence-electron chi connectivity index (χ2n) is 5.99. The van der Waals surface area contributed by atoms with E-state index >= 15 is 0 Å². The maximum absolute atomic E-state index is 13.1. The van der Waals surface area contributed by atoms with Crippen LogP contribution in [0.5, 0.6) is 0 Å². The van der Waals surface area contributed by atoms with Crippen LogP contribution in [-0.2, 0) is 4.74 Å². The van der Waals surface area contributed by atoms with Gasteiger partial charge < -0.3 is 9.64 Å². The topological polar surface area (TPSA) is 42.4 Å². The number of nitrogens with zero attached hydrogens (tertiary/aromatic N) is 2. The van der Waals surface area contributed by atoms with Crippen LogP contribution in [-0.4, -0.2) is 42.1 Å². The zero-order valence-corrected chi connectivity index (χ0v) is 14.8. The van der Waals surface area contributed by atoms with Crippen LogP contribution in [0, 0.1) is 5.82 Å². The lowest BCUT2D eigenvalue weighted by molar-refractivity contribution is 0.0304. The van der Waals surface area contributed by atoms with Gasteiger partial charge in [0, 0.05) is 23.4 Å². The van der Waals surface area contributed by atoms with E-state index in [1.807, 2.05) is 35.2 Å². The first-order valence-electron chi connectivity index (χ1n) is 8.41. The summed E-state index contributed by atoms with van der Waals surface area (Å²) in [7, 11) is 0. The number of aromatic nitrogens is 1. The van der Waals surface area contributed by atoms with Crippen LogP contribution in [0.15, 0.2) is 64.5 Å². The molecule has 0 atom stereocenters. The van der Waals surface area contributed by atoms with Crippen LogP contribution in [0.2, 0.25) is 0 Å². The van der Waals surface area contributed by atoms with Gasteiger partial charge in [0.25, 0.3) is 5.91 Å². The summed E-state index contributed by atoms with van der Waals surface area (Å²) in [5.41, 5.74) is 1.42. The lowest BCUT2D eigenvalue weighted by Crippen LogP contribution is -2.40. The number of fused-ring (bicyclic) bond motifs is 1. The minimum absolute atomic E-state index is 0.00661. The summed E-state index contributed by atoms with van der Waals surface area (Å²) in [5, 5.41) is 1.55. The average molecular weight is 368 g/mol. The van der Waals surface area contributed by atoms with E-state index in [0.717, 1.165) is 15.8 Å². The van der Waals surface area contributed by atoms with Crippen LogP contribution < -0.4 is 0 Å². The predicted octanol–water partition coefficient (Wildman–Crippen LogP) is 4.00. The summed E-state index contributed by atoms with van der Waals surface area (Å²) in [6.07, 6.45) is 0. The molecule has 6 heteroatoms. The van der Waals surface area contributed by atoms with Crippen LogP contribution in [0.3, 0.4) is 0 Å². The fourth-order valence-corrected chi connectivity index (χ4v) is 3.77. The summed E-state index contributed by atoms with van der Waals surface area (Å²) < 4.78 is 18.5. The Morgan fingerprint density at radius 1 is 1.08 bits per heavy atom. The van der Waals surface area contributed by atoms with Crippen molar-refractivity contribution in [3.05, 3.63) is 66.0 Å². The number of pyridine rings is 1. The number of carbonyl (C=O) groups is 1. The van der Waals surface area contributed by atoms with Crippen molar-refractivity contribution in [2.24, 2.45) is 0 Å². The van der Waals surface area contributed by atoms with E-state index in [9.17, 15) is 9.18 Å². The summed E-state index contributed by atoms with van der Waals surface area (Å²) in [4.78, 5) is 20.4. The van der Waals surface area contributed by atoms with Crippen LogP contribution in [0.25, 0.3) is 10.9 Å². The van der Waals surface area contributed by atoms with Gasteiger partial charge in [-0.25, -0.2) is 9.37 Å². The minimum atomic E-state index is -0.274. The van der Waals surface area contributed by atoms with Gasteiger partial charge in [-0.15, -0.1) is 0 Å². The molecule has 0 unspecified atom stereocenters. The molecule has 0 radical (unpaired) electrons. The van der Waals surface area contributed by atoms with Crippen molar-refractivity contribution in [2.45, 2.75) is 9.92 Å². The maximum atomic E-state index is 13.1. The molecule has 2 aromatic carbocycles. The third kappa shape index (κ3) is 3.57. The number of hydrogen-bond donors (Lipinski definition) is 0. The molecule has 0 spiro atoms. The molecule has 4 rings (SSSR count). The van der Waals surface area contributed by atoms with Crippen molar-refractivity contribution in [3.63, 3.8) is 0 Å². The van der Waals surface area contributed by atoms with Gasteiger partial charge in [-0.1, -0.05) is 30.0 Å². The number of amides is 1. The molecule has 0 bridgehead atoms. The van der Waals surface area contributed by atoms with Gasteiger partial charge in [0.1, 0.15) is 10.8 Å². The van der Waals surface area contributed by atoms with Crippen LogP contribution in [0.1, 0.15) is 10.4 Å². The molecule has 3 aromatic rings. The first kappa shape index (κ1) is 17.0. The largest absolute Gasteiger partial charge is 0.378 e. The molecule has 1 aromatic heterocycles. The Morgan fingerprint density at radius 3 is 2.58 bits per heavy atom. The number of para-hydroxylation sites is 1. The second-order valence-corrected chi connectivity index (χ2v) is 7.08. The van der Waals surface area contributed by atoms with E-state index < -0.39 is 0 Å². The van der Waals surface area contributed by atoms with Gasteiger partial charge in [0.2, 0.25) is 0 Å². The van der Waals surface area contributed by atoms with Gasteiger partial charge >= 0.3 is 0 Å². The molecule has 1 aliphatic heterocycles. The van der Waals surface area contributed by atoms with Gasteiger partial charge in [0.05, 0.1) is 24.3 Å². The predicted molar refractivity (Wildman–Crippen MR) is 99.0 cm³/mol. The number of ether oxygens (including phenoxy) is 1. The van der Waals surface area contributed by atoms with E-state index in [-0.39, 0.29) is 11.7 Å². The number of halogens is 1.